The van der Waals surface area contributed by atoms with Gasteiger partial charge in [-0.3, -0.25) is 0 Å². The third-order valence-corrected chi connectivity index (χ3v) is 3.08. The lowest BCUT2D eigenvalue weighted by Gasteiger charge is -2.33. The van der Waals surface area contributed by atoms with Crippen molar-refractivity contribution >= 4 is 34.4 Å². The maximum absolute atomic E-state index is 5.20. The number of fused-ring (bicyclic) bond motifs is 1. The molecule has 0 aromatic carbocycles. The SMILES string of the molecule is S=C1NCC(=S)N2CCCC12. The number of piperazine rings is 1. The Morgan fingerprint density at radius 3 is 3.00 bits per heavy atom. The highest BCUT2D eigenvalue weighted by Crippen LogP contribution is 2.20. The summed E-state index contributed by atoms with van der Waals surface area (Å²) in [5, 5.41) is 3.15. The third kappa shape index (κ3) is 1.14. The van der Waals surface area contributed by atoms with Gasteiger partial charge >= 0.3 is 0 Å². The van der Waals surface area contributed by atoms with Gasteiger partial charge in [-0.2, -0.15) is 0 Å². The van der Waals surface area contributed by atoms with E-state index < -0.39 is 0 Å². The van der Waals surface area contributed by atoms with Gasteiger partial charge in [-0.1, -0.05) is 24.4 Å². The fraction of sp³-hybridized carbons (Fsp3) is 0.714. The Morgan fingerprint density at radius 2 is 2.27 bits per heavy atom. The molecule has 0 radical (unpaired) electrons. The minimum Gasteiger partial charge on any atom is -0.371 e. The molecular weight excluding hydrogens is 176 g/mol. The van der Waals surface area contributed by atoms with Crippen molar-refractivity contribution in [3.63, 3.8) is 0 Å². The first-order valence-corrected chi connectivity index (χ1v) is 4.68. The Labute approximate surface area is 76.9 Å². The standard InChI is InChI=1S/C7H10N2S2/c10-6-4-8-7(11)5-2-1-3-9(5)6/h5H,1-4H2,(H,8,11). The van der Waals surface area contributed by atoms with Crippen molar-refractivity contribution in [3.8, 4) is 0 Å². The van der Waals surface area contributed by atoms with Crippen molar-refractivity contribution < 1.29 is 0 Å². The molecule has 2 heterocycles. The van der Waals surface area contributed by atoms with Crippen LogP contribution >= 0.6 is 24.4 Å². The Morgan fingerprint density at radius 1 is 1.45 bits per heavy atom. The summed E-state index contributed by atoms with van der Waals surface area (Å²) in [5.41, 5.74) is 0. The molecule has 0 aromatic heterocycles. The summed E-state index contributed by atoms with van der Waals surface area (Å²) in [4.78, 5) is 4.27. The van der Waals surface area contributed by atoms with E-state index in [1.807, 2.05) is 0 Å². The van der Waals surface area contributed by atoms with Gasteiger partial charge < -0.3 is 10.2 Å². The number of nitrogens with zero attached hydrogens (tertiary/aromatic N) is 1. The predicted molar refractivity (Wildman–Crippen MR) is 52.9 cm³/mol. The zero-order valence-electron chi connectivity index (χ0n) is 6.17. The highest BCUT2D eigenvalue weighted by molar-refractivity contribution is 7.81. The van der Waals surface area contributed by atoms with Gasteiger partial charge in [0, 0.05) is 6.54 Å². The first-order valence-electron chi connectivity index (χ1n) is 3.86. The molecule has 0 aliphatic carbocycles. The van der Waals surface area contributed by atoms with Gasteiger partial charge in [0.05, 0.1) is 22.6 Å². The van der Waals surface area contributed by atoms with Gasteiger partial charge in [0.15, 0.2) is 0 Å². The summed E-state index contributed by atoms with van der Waals surface area (Å²) in [5.74, 6) is 0. The molecule has 4 heteroatoms. The monoisotopic (exact) mass is 186 g/mol. The van der Waals surface area contributed by atoms with Crippen LogP contribution in [0.25, 0.3) is 0 Å². The van der Waals surface area contributed by atoms with Crippen molar-refractivity contribution in [2.45, 2.75) is 18.9 Å². The van der Waals surface area contributed by atoms with Crippen molar-refractivity contribution in [3.05, 3.63) is 0 Å². The van der Waals surface area contributed by atoms with Crippen LogP contribution in [0.5, 0.6) is 0 Å². The zero-order valence-corrected chi connectivity index (χ0v) is 7.80. The van der Waals surface area contributed by atoms with Gasteiger partial charge in [0.1, 0.15) is 0 Å². The zero-order chi connectivity index (χ0) is 7.84. The highest BCUT2D eigenvalue weighted by Gasteiger charge is 2.32. The molecule has 60 valence electrons. The van der Waals surface area contributed by atoms with E-state index in [1.54, 1.807) is 0 Å². The normalized spacial score (nSPS) is 30.2. The number of hydrogen-bond donors (Lipinski definition) is 1. The first-order chi connectivity index (χ1) is 5.29. The fourth-order valence-electron chi connectivity index (χ4n) is 1.72. The van der Waals surface area contributed by atoms with Crippen LogP contribution in [-0.4, -0.2) is 34.0 Å². The first kappa shape index (κ1) is 7.43. The Kier molecular flexibility index (Phi) is 1.81. The van der Waals surface area contributed by atoms with Crippen molar-refractivity contribution in [2.75, 3.05) is 13.1 Å². The van der Waals surface area contributed by atoms with Crippen molar-refractivity contribution in [2.24, 2.45) is 0 Å². The number of rotatable bonds is 0. The molecule has 0 saturated carbocycles. The Balaban J connectivity index is 2.20. The van der Waals surface area contributed by atoms with E-state index in [0.717, 1.165) is 23.1 Å². The minimum atomic E-state index is 0.422. The molecule has 1 atom stereocenters. The number of thiocarbonyl (C=S) groups is 2. The molecule has 0 bridgehead atoms. The van der Waals surface area contributed by atoms with Crippen LogP contribution in [0.4, 0.5) is 0 Å². The fourth-order valence-corrected chi connectivity index (χ4v) is 2.33. The Hall–Kier alpha value is -0.220. The predicted octanol–water partition coefficient (Wildman–Crippen LogP) is 0.709. The minimum absolute atomic E-state index is 0.422. The third-order valence-electron chi connectivity index (χ3n) is 2.29. The maximum atomic E-state index is 5.20. The van der Waals surface area contributed by atoms with Crippen molar-refractivity contribution in [1.29, 1.82) is 0 Å². The van der Waals surface area contributed by atoms with E-state index in [9.17, 15) is 0 Å². The quantitative estimate of drug-likeness (QED) is 0.560. The lowest BCUT2D eigenvalue weighted by molar-refractivity contribution is 0.449. The van der Waals surface area contributed by atoms with Gasteiger partial charge in [-0.25, -0.2) is 0 Å². The second kappa shape index (κ2) is 2.68. The molecule has 1 unspecified atom stereocenters. The van der Waals surface area contributed by atoms with Crippen LogP contribution in [0.15, 0.2) is 0 Å². The number of nitrogens with one attached hydrogen (secondary N) is 1. The van der Waals surface area contributed by atoms with Gasteiger partial charge in [0.25, 0.3) is 0 Å². The molecule has 2 rings (SSSR count). The van der Waals surface area contributed by atoms with Crippen LogP contribution in [-0.2, 0) is 0 Å². The van der Waals surface area contributed by atoms with Crippen LogP contribution in [0, 0.1) is 0 Å². The molecule has 2 saturated heterocycles. The molecule has 0 aromatic rings. The molecule has 2 aliphatic rings. The number of hydrogen-bond acceptors (Lipinski definition) is 2. The van der Waals surface area contributed by atoms with E-state index >= 15 is 0 Å². The summed E-state index contributed by atoms with van der Waals surface area (Å²) in [7, 11) is 0. The molecular formula is C7H10N2S2. The van der Waals surface area contributed by atoms with Crippen LogP contribution in [0.2, 0.25) is 0 Å². The summed E-state index contributed by atoms with van der Waals surface area (Å²) in [6.07, 6.45) is 2.40. The summed E-state index contributed by atoms with van der Waals surface area (Å²) in [6, 6.07) is 0.422. The smallest absolute Gasteiger partial charge is 0.0985 e. The maximum Gasteiger partial charge on any atom is 0.0985 e. The van der Waals surface area contributed by atoms with Crippen molar-refractivity contribution in [1.82, 2.24) is 10.2 Å². The van der Waals surface area contributed by atoms with Gasteiger partial charge in [0.2, 0.25) is 0 Å². The highest BCUT2D eigenvalue weighted by atomic mass is 32.1. The molecule has 11 heavy (non-hydrogen) atoms. The summed E-state index contributed by atoms with van der Waals surface area (Å²) < 4.78 is 0. The lowest BCUT2D eigenvalue weighted by Crippen LogP contribution is -2.53. The summed E-state index contributed by atoms with van der Waals surface area (Å²) >= 11 is 10.4. The van der Waals surface area contributed by atoms with Crippen LogP contribution in [0.3, 0.4) is 0 Å². The van der Waals surface area contributed by atoms with Crippen LogP contribution < -0.4 is 5.32 Å². The second-order valence-corrected chi connectivity index (χ2v) is 3.87. The van der Waals surface area contributed by atoms with E-state index in [1.165, 1.54) is 12.8 Å². The average Bonchev–Trinajstić information content (AvgIpc) is 2.45. The lowest BCUT2D eigenvalue weighted by atomic mass is 10.2. The Bertz CT molecular complexity index is 192. The summed E-state index contributed by atoms with van der Waals surface area (Å²) in [6.45, 7) is 1.87. The molecule has 0 amide bonds. The second-order valence-electron chi connectivity index (χ2n) is 2.96. The molecule has 2 fully saturated rings. The van der Waals surface area contributed by atoms with Gasteiger partial charge in [-0.15, -0.1) is 0 Å². The van der Waals surface area contributed by atoms with E-state index in [4.69, 9.17) is 24.4 Å². The molecule has 1 N–H and O–H groups in total. The molecule has 0 spiro atoms. The molecule has 2 nitrogen and oxygen atoms in total. The van der Waals surface area contributed by atoms with Gasteiger partial charge in [-0.05, 0) is 12.8 Å². The average molecular weight is 186 g/mol. The molecule has 2 aliphatic heterocycles. The van der Waals surface area contributed by atoms with E-state index in [0.29, 0.717) is 6.04 Å². The largest absolute Gasteiger partial charge is 0.371 e. The topological polar surface area (TPSA) is 15.3 Å². The van der Waals surface area contributed by atoms with E-state index in [2.05, 4.69) is 10.2 Å². The van der Waals surface area contributed by atoms with E-state index in [-0.39, 0.29) is 0 Å². The van der Waals surface area contributed by atoms with Crippen LogP contribution in [0.1, 0.15) is 12.8 Å².